The summed E-state index contributed by atoms with van der Waals surface area (Å²) < 4.78 is 0. The van der Waals surface area contributed by atoms with Gasteiger partial charge in [-0.1, -0.05) is 27.7 Å². The highest BCUT2D eigenvalue weighted by atomic mass is 16.2. The second-order valence-corrected chi connectivity index (χ2v) is 5.26. The molecule has 0 aromatic rings. The van der Waals surface area contributed by atoms with E-state index >= 15 is 0 Å². The number of rotatable bonds is 3. The number of carbonyl (C=O) groups is 1. The first-order valence-electron chi connectivity index (χ1n) is 6.01. The van der Waals surface area contributed by atoms with E-state index in [0.717, 1.165) is 19.4 Å². The number of likely N-dealkylation sites (tertiary alicyclic amines) is 1. The molecule has 3 heteroatoms. The molecule has 0 aromatic carbocycles. The highest BCUT2D eigenvalue weighted by Crippen LogP contribution is 2.24. The van der Waals surface area contributed by atoms with E-state index in [2.05, 4.69) is 13.8 Å². The first-order valence-corrected chi connectivity index (χ1v) is 6.01. The van der Waals surface area contributed by atoms with Gasteiger partial charge in [0.05, 0.1) is 6.04 Å². The van der Waals surface area contributed by atoms with Crippen LogP contribution in [0.1, 0.15) is 40.5 Å². The van der Waals surface area contributed by atoms with Crippen molar-refractivity contribution in [2.45, 2.75) is 52.6 Å². The van der Waals surface area contributed by atoms with Gasteiger partial charge in [0.15, 0.2) is 0 Å². The molecule has 1 rings (SSSR count). The van der Waals surface area contributed by atoms with E-state index in [1.165, 1.54) is 0 Å². The molecule has 0 aromatic heterocycles. The molecule has 2 atom stereocenters. The van der Waals surface area contributed by atoms with Crippen molar-refractivity contribution in [2.24, 2.45) is 17.6 Å². The zero-order valence-corrected chi connectivity index (χ0v) is 10.4. The molecule has 2 N–H and O–H groups in total. The number of nitrogens with zero attached hydrogens (tertiary/aromatic N) is 1. The van der Waals surface area contributed by atoms with E-state index in [1.54, 1.807) is 0 Å². The van der Waals surface area contributed by atoms with Gasteiger partial charge in [-0.2, -0.15) is 0 Å². The summed E-state index contributed by atoms with van der Waals surface area (Å²) in [6, 6.07) is 0.0756. The Morgan fingerprint density at radius 3 is 2.40 bits per heavy atom. The van der Waals surface area contributed by atoms with Crippen molar-refractivity contribution in [3.05, 3.63) is 0 Å². The highest BCUT2D eigenvalue weighted by Gasteiger charge is 2.33. The molecule has 1 aliphatic rings. The molecule has 1 amide bonds. The fourth-order valence-corrected chi connectivity index (χ4v) is 2.24. The van der Waals surface area contributed by atoms with Gasteiger partial charge in [-0.15, -0.1) is 0 Å². The molecule has 15 heavy (non-hydrogen) atoms. The van der Waals surface area contributed by atoms with Crippen LogP contribution in [0.3, 0.4) is 0 Å². The van der Waals surface area contributed by atoms with Crippen molar-refractivity contribution in [3.8, 4) is 0 Å². The van der Waals surface area contributed by atoms with Gasteiger partial charge in [0.2, 0.25) is 5.91 Å². The van der Waals surface area contributed by atoms with E-state index < -0.39 is 0 Å². The maximum atomic E-state index is 12.1. The van der Waals surface area contributed by atoms with Gasteiger partial charge in [0.25, 0.3) is 0 Å². The van der Waals surface area contributed by atoms with Gasteiger partial charge in [0, 0.05) is 12.6 Å². The number of amides is 1. The molecule has 0 saturated carbocycles. The Bertz CT molecular complexity index is 226. The standard InChI is InChI=1S/C12H24N2O/c1-8(2)10-6-5-7-14(10)12(15)11(13)9(3)4/h8-11H,5-7,13H2,1-4H3. The Kier molecular flexibility index (Phi) is 4.14. The van der Waals surface area contributed by atoms with Crippen molar-refractivity contribution >= 4 is 5.91 Å². The summed E-state index contributed by atoms with van der Waals surface area (Å²) in [7, 11) is 0. The minimum Gasteiger partial charge on any atom is -0.338 e. The molecule has 0 aliphatic carbocycles. The van der Waals surface area contributed by atoms with Gasteiger partial charge in [-0.05, 0) is 24.7 Å². The Morgan fingerprint density at radius 2 is 1.93 bits per heavy atom. The number of hydrogen-bond donors (Lipinski definition) is 1. The van der Waals surface area contributed by atoms with Crippen molar-refractivity contribution in [1.82, 2.24) is 4.90 Å². The van der Waals surface area contributed by atoms with Crippen LogP contribution in [0.15, 0.2) is 0 Å². The third kappa shape index (κ3) is 2.71. The Labute approximate surface area is 93.0 Å². The molecule has 0 spiro atoms. The average molecular weight is 212 g/mol. The Morgan fingerprint density at radius 1 is 1.33 bits per heavy atom. The second kappa shape index (κ2) is 4.97. The van der Waals surface area contributed by atoms with Crippen LogP contribution in [0, 0.1) is 11.8 Å². The van der Waals surface area contributed by atoms with E-state index in [9.17, 15) is 4.79 Å². The maximum absolute atomic E-state index is 12.1. The van der Waals surface area contributed by atoms with Crippen molar-refractivity contribution < 1.29 is 4.79 Å². The Balaban J connectivity index is 2.66. The SMILES string of the molecule is CC(C)C(N)C(=O)N1CCCC1C(C)C. The summed E-state index contributed by atoms with van der Waals surface area (Å²) in [5.41, 5.74) is 5.91. The molecular weight excluding hydrogens is 188 g/mol. The molecule has 1 aliphatic heterocycles. The van der Waals surface area contributed by atoms with Gasteiger partial charge >= 0.3 is 0 Å². The summed E-state index contributed by atoms with van der Waals surface area (Å²) in [6.07, 6.45) is 2.26. The topological polar surface area (TPSA) is 46.3 Å². The van der Waals surface area contributed by atoms with Crippen molar-refractivity contribution in [3.63, 3.8) is 0 Å². The highest BCUT2D eigenvalue weighted by molar-refractivity contribution is 5.82. The Hall–Kier alpha value is -0.570. The first-order chi connectivity index (χ1) is 6.95. The lowest BCUT2D eigenvalue weighted by atomic mass is 9.99. The smallest absolute Gasteiger partial charge is 0.240 e. The number of hydrogen-bond acceptors (Lipinski definition) is 2. The first kappa shape index (κ1) is 12.5. The molecule has 2 unspecified atom stereocenters. The fraction of sp³-hybridized carbons (Fsp3) is 0.917. The lowest BCUT2D eigenvalue weighted by Crippen LogP contribution is -2.49. The van der Waals surface area contributed by atoms with Crippen LogP contribution in [0.5, 0.6) is 0 Å². The van der Waals surface area contributed by atoms with Crippen molar-refractivity contribution in [1.29, 1.82) is 0 Å². The lowest BCUT2D eigenvalue weighted by molar-refractivity contribution is -0.135. The lowest BCUT2D eigenvalue weighted by Gasteiger charge is -2.31. The van der Waals surface area contributed by atoms with Crippen LogP contribution in [-0.2, 0) is 4.79 Å². The normalized spacial score (nSPS) is 23.9. The summed E-state index contributed by atoms with van der Waals surface area (Å²) in [4.78, 5) is 14.1. The summed E-state index contributed by atoms with van der Waals surface area (Å²) in [6.45, 7) is 9.25. The van der Waals surface area contributed by atoms with E-state index in [4.69, 9.17) is 5.73 Å². The summed E-state index contributed by atoms with van der Waals surface area (Å²) >= 11 is 0. The third-order valence-corrected chi connectivity index (χ3v) is 3.36. The fourth-order valence-electron chi connectivity index (χ4n) is 2.24. The molecule has 88 valence electrons. The predicted molar refractivity (Wildman–Crippen MR) is 62.4 cm³/mol. The monoisotopic (exact) mass is 212 g/mol. The largest absolute Gasteiger partial charge is 0.338 e. The van der Waals surface area contributed by atoms with Crippen LogP contribution < -0.4 is 5.73 Å². The number of nitrogens with two attached hydrogens (primary N) is 1. The predicted octanol–water partition coefficient (Wildman–Crippen LogP) is 1.62. The van der Waals surface area contributed by atoms with Gasteiger partial charge in [0.1, 0.15) is 0 Å². The molecule has 1 heterocycles. The van der Waals surface area contributed by atoms with Crippen LogP contribution in [0.4, 0.5) is 0 Å². The summed E-state index contributed by atoms with van der Waals surface area (Å²) in [5, 5.41) is 0. The quantitative estimate of drug-likeness (QED) is 0.772. The van der Waals surface area contributed by atoms with E-state index in [0.29, 0.717) is 12.0 Å². The molecule has 1 fully saturated rings. The zero-order valence-electron chi connectivity index (χ0n) is 10.4. The van der Waals surface area contributed by atoms with Crippen LogP contribution in [0.2, 0.25) is 0 Å². The van der Waals surface area contributed by atoms with Crippen molar-refractivity contribution in [2.75, 3.05) is 6.54 Å². The van der Waals surface area contributed by atoms with Crippen LogP contribution in [0.25, 0.3) is 0 Å². The van der Waals surface area contributed by atoms with Gasteiger partial charge in [-0.3, -0.25) is 4.79 Å². The molecule has 1 saturated heterocycles. The second-order valence-electron chi connectivity index (χ2n) is 5.26. The summed E-state index contributed by atoms with van der Waals surface area (Å²) in [5.74, 6) is 0.905. The number of carbonyl (C=O) groups excluding carboxylic acids is 1. The van der Waals surface area contributed by atoms with Crippen LogP contribution >= 0.6 is 0 Å². The minimum atomic E-state index is -0.329. The van der Waals surface area contributed by atoms with Crippen LogP contribution in [-0.4, -0.2) is 29.4 Å². The van der Waals surface area contributed by atoms with Gasteiger partial charge < -0.3 is 10.6 Å². The van der Waals surface area contributed by atoms with E-state index in [-0.39, 0.29) is 17.9 Å². The zero-order chi connectivity index (χ0) is 11.6. The molecule has 0 radical (unpaired) electrons. The maximum Gasteiger partial charge on any atom is 0.240 e. The third-order valence-electron chi connectivity index (χ3n) is 3.36. The van der Waals surface area contributed by atoms with E-state index in [1.807, 2.05) is 18.7 Å². The molecule has 3 nitrogen and oxygen atoms in total. The minimum absolute atomic E-state index is 0.140. The van der Waals surface area contributed by atoms with Gasteiger partial charge in [-0.25, -0.2) is 0 Å². The average Bonchev–Trinajstić information content (AvgIpc) is 2.63. The molecule has 0 bridgehead atoms. The molecular formula is C12H24N2O.